The maximum absolute atomic E-state index is 13.5. The van der Waals surface area contributed by atoms with Gasteiger partial charge in [0.05, 0.1) is 10.9 Å². The van der Waals surface area contributed by atoms with E-state index >= 15 is 0 Å². The average molecular weight is 512 g/mol. The summed E-state index contributed by atoms with van der Waals surface area (Å²) in [7, 11) is -3.72. The predicted molar refractivity (Wildman–Crippen MR) is 134 cm³/mol. The highest BCUT2D eigenvalue weighted by atomic mass is 35.5. The van der Waals surface area contributed by atoms with Crippen LogP contribution in [0.15, 0.2) is 29.2 Å². The van der Waals surface area contributed by atoms with Gasteiger partial charge in [-0.3, -0.25) is 4.90 Å². The molecule has 4 rings (SSSR count). The van der Waals surface area contributed by atoms with Crippen molar-refractivity contribution in [2.45, 2.75) is 87.7 Å². The van der Waals surface area contributed by atoms with E-state index in [9.17, 15) is 13.2 Å². The molecule has 0 N–H and O–H groups in total. The first-order valence-corrected chi connectivity index (χ1v) is 14.7. The number of piperidine rings is 1. The lowest BCUT2D eigenvalue weighted by Gasteiger charge is -2.42. The molecule has 190 valence electrons. The second-order valence-corrected chi connectivity index (χ2v) is 12.1. The molecule has 2 heterocycles. The van der Waals surface area contributed by atoms with Gasteiger partial charge in [0, 0.05) is 43.3 Å². The van der Waals surface area contributed by atoms with Crippen molar-refractivity contribution in [1.82, 2.24) is 14.1 Å². The highest BCUT2D eigenvalue weighted by molar-refractivity contribution is 7.89. The summed E-state index contributed by atoms with van der Waals surface area (Å²) in [5, 5.41) is 0.499. The van der Waals surface area contributed by atoms with E-state index in [1.54, 1.807) is 33.5 Å². The van der Waals surface area contributed by atoms with Gasteiger partial charge in [0.2, 0.25) is 10.0 Å². The largest absolute Gasteiger partial charge is 0.448 e. The molecular weight excluding hydrogens is 474 g/mol. The molecule has 0 bridgehead atoms. The van der Waals surface area contributed by atoms with E-state index in [-0.39, 0.29) is 29.7 Å². The normalized spacial score (nSPS) is 25.9. The fourth-order valence-electron chi connectivity index (χ4n) is 5.78. The third-order valence-corrected chi connectivity index (χ3v) is 9.99. The van der Waals surface area contributed by atoms with Crippen LogP contribution in [-0.4, -0.2) is 79.5 Å². The lowest BCUT2D eigenvalue weighted by molar-refractivity contribution is 0.0381. The predicted octanol–water partition coefficient (Wildman–Crippen LogP) is 4.75. The van der Waals surface area contributed by atoms with Crippen LogP contribution in [-0.2, 0) is 14.8 Å². The fourth-order valence-corrected chi connectivity index (χ4v) is 7.83. The summed E-state index contributed by atoms with van der Waals surface area (Å²) in [6.45, 7) is 5.21. The minimum absolute atomic E-state index is 0.0883. The van der Waals surface area contributed by atoms with Gasteiger partial charge in [-0.05, 0) is 56.4 Å². The minimum atomic E-state index is -3.72. The number of hydrogen-bond donors (Lipinski definition) is 0. The van der Waals surface area contributed by atoms with Gasteiger partial charge in [0.25, 0.3) is 0 Å². The quantitative estimate of drug-likeness (QED) is 0.551. The van der Waals surface area contributed by atoms with Crippen molar-refractivity contribution >= 4 is 27.7 Å². The molecule has 0 unspecified atom stereocenters. The van der Waals surface area contributed by atoms with E-state index in [2.05, 4.69) is 4.90 Å². The summed E-state index contributed by atoms with van der Waals surface area (Å²) in [6, 6.07) is 6.50. The Morgan fingerprint density at radius 3 is 2.24 bits per heavy atom. The molecule has 2 atom stereocenters. The van der Waals surface area contributed by atoms with E-state index in [1.807, 2.05) is 6.92 Å². The molecule has 2 saturated heterocycles. The van der Waals surface area contributed by atoms with Gasteiger partial charge in [-0.2, -0.15) is 4.31 Å². The van der Waals surface area contributed by atoms with E-state index in [1.165, 1.54) is 32.1 Å². The van der Waals surface area contributed by atoms with Crippen molar-refractivity contribution < 1.29 is 17.9 Å². The zero-order valence-corrected chi connectivity index (χ0v) is 21.8. The van der Waals surface area contributed by atoms with Crippen LogP contribution in [0.2, 0.25) is 5.02 Å². The Hall–Kier alpha value is -1.35. The molecule has 1 aromatic carbocycles. The van der Waals surface area contributed by atoms with E-state index < -0.39 is 10.0 Å². The van der Waals surface area contributed by atoms with Crippen molar-refractivity contribution in [2.75, 3.05) is 32.8 Å². The highest BCUT2D eigenvalue weighted by Gasteiger charge is 2.40. The standard InChI is InChI=1S/C25H38ClN3O4S/c1-2-21-9-6-10-23(29(21)34(31,32)24-13-11-20(26)12-14-24)19-33-25(30)28-17-15-27(16-18-28)22-7-4-3-5-8-22/h11-14,21-23H,2-10,15-19H2,1H3/t21-,23-/m1/s1. The molecule has 2 aliphatic heterocycles. The Labute approximate surface area is 209 Å². The van der Waals surface area contributed by atoms with Crippen molar-refractivity contribution in [1.29, 1.82) is 0 Å². The van der Waals surface area contributed by atoms with Gasteiger partial charge in [-0.1, -0.05) is 44.2 Å². The molecule has 9 heteroatoms. The van der Waals surface area contributed by atoms with Crippen LogP contribution >= 0.6 is 11.6 Å². The van der Waals surface area contributed by atoms with Crippen LogP contribution in [0.4, 0.5) is 4.79 Å². The third kappa shape index (κ3) is 5.89. The monoisotopic (exact) mass is 511 g/mol. The summed E-state index contributed by atoms with van der Waals surface area (Å²) in [5.41, 5.74) is 0. The van der Waals surface area contributed by atoms with Crippen LogP contribution in [0.1, 0.15) is 64.7 Å². The minimum Gasteiger partial charge on any atom is -0.448 e. The molecule has 1 saturated carbocycles. The fraction of sp³-hybridized carbons (Fsp3) is 0.720. The number of nitrogens with zero attached hydrogens (tertiary/aromatic N) is 3. The zero-order valence-electron chi connectivity index (χ0n) is 20.2. The number of benzene rings is 1. The molecule has 3 aliphatic rings. The molecular formula is C25H38ClN3O4S. The lowest BCUT2D eigenvalue weighted by Crippen LogP contribution is -2.54. The number of ether oxygens (including phenoxy) is 1. The first-order valence-electron chi connectivity index (χ1n) is 12.8. The zero-order chi connectivity index (χ0) is 24.1. The van der Waals surface area contributed by atoms with Crippen LogP contribution in [0, 0.1) is 0 Å². The van der Waals surface area contributed by atoms with E-state index in [0.717, 1.165) is 32.4 Å². The maximum atomic E-state index is 13.5. The van der Waals surface area contributed by atoms with Crippen LogP contribution in [0.5, 0.6) is 0 Å². The van der Waals surface area contributed by atoms with Gasteiger partial charge in [0.1, 0.15) is 6.61 Å². The maximum Gasteiger partial charge on any atom is 0.409 e. The smallest absolute Gasteiger partial charge is 0.409 e. The third-order valence-electron chi connectivity index (χ3n) is 7.72. The molecule has 3 fully saturated rings. The second kappa shape index (κ2) is 11.6. The topological polar surface area (TPSA) is 70.2 Å². The van der Waals surface area contributed by atoms with Gasteiger partial charge < -0.3 is 9.64 Å². The van der Waals surface area contributed by atoms with Gasteiger partial charge in [-0.25, -0.2) is 13.2 Å². The molecule has 0 spiro atoms. The summed E-state index contributed by atoms with van der Waals surface area (Å²) in [6.07, 6.45) is 9.31. The molecule has 1 aromatic rings. The first kappa shape index (κ1) is 25.7. The molecule has 0 aromatic heterocycles. The van der Waals surface area contributed by atoms with E-state index in [0.29, 0.717) is 30.6 Å². The first-order chi connectivity index (χ1) is 16.4. The van der Waals surface area contributed by atoms with Crippen molar-refractivity contribution in [2.24, 2.45) is 0 Å². The second-order valence-electron chi connectivity index (χ2n) is 9.83. The molecule has 0 radical (unpaired) electrons. The van der Waals surface area contributed by atoms with Crippen LogP contribution in [0.25, 0.3) is 0 Å². The number of sulfonamides is 1. The number of carbonyl (C=O) groups excluding carboxylic acids is 1. The van der Waals surface area contributed by atoms with Crippen molar-refractivity contribution in [3.63, 3.8) is 0 Å². The summed E-state index contributed by atoms with van der Waals surface area (Å²) < 4.78 is 34.4. The van der Waals surface area contributed by atoms with Crippen LogP contribution in [0.3, 0.4) is 0 Å². The Morgan fingerprint density at radius 1 is 0.941 bits per heavy atom. The SMILES string of the molecule is CC[C@@H]1CCC[C@H](COC(=O)N2CCN(C3CCCCC3)CC2)N1S(=O)(=O)c1ccc(Cl)cc1. The Balaban J connectivity index is 1.36. The number of amides is 1. The lowest BCUT2D eigenvalue weighted by atomic mass is 9.94. The molecule has 1 amide bonds. The van der Waals surface area contributed by atoms with Gasteiger partial charge in [-0.15, -0.1) is 0 Å². The van der Waals surface area contributed by atoms with Gasteiger partial charge >= 0.3 is 6.09 Å². The van der Waals surface area contributed by atoms with Crippen molar-refractivity contribution in [3.8, 4) is 0 Å². The average Bonchev–Trinajstić information content (AvgIpc) is 2.87. The van der Waals surface area contributed by atoms with Crippen molar-refractivity contribution in [3.05, 3.63) is 29.3 Å². The summed E-state index contributed by atoms with van der Waals surface area (Å²) in [4.78, 5) is 17.4. The molecule has 1 aliphatic carbocycles. The molecule has 7 nitrogen and oxygen atoms in total. The number of halogens is 1. The van der Waals surface area contributed by atoms with Gasteiger partial charge in [0.15, 0.2) is 0 Å². The Bertz CT molecular complexity index is 913. The summed E-state index contributed by atoms with van der Waals surface area (Å²) in [5.74, 6) is 0. The van der Waals surface area contributed by atoms with E-state index in [4.69, 9.17) is 16.3 Å². The Kier molecular flexibility index (Phi) is 8.77. The summed E-state index contributed by atoms with van der Waals surface area (Å²) >= 11 is 5.97. The molecule has 34 heavy (non-hydrogen) atoms. The number of carbonyl (C=O) groups is 1. The number of piperazine rings is 1. The number of hydrogen-bond acceptors (Lipinski definition) is 5. The number of rotatable bonds is 6. The van der Waals surface area contributed by atoms with Crippen LogP contribution < -0.4 is 0 Å². The Morgan fingerprint density at radius 2 is 1.59 bits per heavy atom. The highest BCUT2D eigenvalue weighted by Crippen LogP contribution is 2.32.